The van der Waals surface area contributed by atoms with Crippen LogP contribution in [0, 0.1) is 12.7 Å². The Morgan fingerprint density at radius 3 is 2.43 bits per heavy atom. The van der Waals surface area contributed by atoms with Gasteiger partial charge < -0.3 is 10.1 Å². The van der Waals surface area contributed by atoms with Crippen LogP contribution in [0.15, 0.2) is 42.5 Å². The third-order valence-corrected chi connectivity index (χ3v) is 3.96. The minimum Gasteiger partial charge on any atom is -0.481 e. The molecular formula is C18H19ClFNO2. The average Bonchev–Trinajstić information content (AvgIpc) is 2.51. The molecule has 0 saturated carbocycles. The molecule has 0 heterocycles. The quantitative estimate of drug-likeness (QED) is 0.877. The summed E-state index contributed by atoms with van der Waals surface area (Å²) in [6.07, 6.45) is -0.654. The molecule has 23 heavy (non-hydrogen) atoms. The van der Waals surface area contributed by atoms with E-state index in [4.69, 9.17) is 16.3 Å². The molecule has 2 rings (SSSR count). The summed E-state index contributed by atoms with van der Waals surface area (Å²) < 4.78 is 18.6. The zero-order valence-electron chi connectivity index (χ0n) is 13.3. The van der Waals surface area contributed by atoms with E-state index in [1.807, 2.05) is 13.8 Å². The van der Waals surface area contributed by atoms with E-state index in [1.165, 1.54) is 12.1 Å². The lowest BCUT2D eigenvalue weighted by Gasteiger charge is -2.19. The maximum Gasteiger partial charge on any atom is 0.261 e. The third kappa shape index (κ3) is 4.70. The van der Waals surface area contributed by atoms with E-state index < -0.39 is 6.10 Å². The van der Waals surface area contributed by atoms with Gasteiger partial charge in [0, 0.05) is 5.02 Å². The Hall–Kier alpha value is -2.07. The first-order chi connectivity index (χ1) is 10.9. The summed E-state index contributed by atoms with van der Waals surface area (Å²) in [5, 5.41) is 3.50. The van der Waals surface area contributed by atoms with Crippen LogP contribution in [0.2, 0.25) is 5.02 Å². The molecule has 0 fully saturated rings. The molecule has 0 spiro atoms. The summed E-state index contributed by atoms with van der Waals surface area (Å²) in [5.74, 6) is 0.0421. The molecule has 2 aromatic carbocycles. The van der Waals surface area contributed by atoms with Gasteiger partial charge in [0.15, 0.2) is 6.10 Å². The first kappa shape index (κ1) is 17.3. The fraction of sp³-hybridized carbons (Fsp3) is 0.278. The van der Waals surface area contributed by atoms with Crippen LogP contribution in [-0.4, -0.2) is 12.0 Å². The Balaban J connectivity index is 1.96. The molecule has 0 unspecified atom stereocenters. The van der Waals surface area contributed by atoms with Crippen molar-refractivity contribution in [1.82, 2.24) is 5.32 Å². The lowest BCUT2D eigenvalue weighted by atomic mass is 10.1. The summed E-state index contributed by atoms with van der Waals surface area (Å²) in [6, 6.07) is 11.0. The Bertz CT molecular complexity index is 688. The highest BCUT2D eigenvalue weighted by Crippen LogP contribution is 2.22. The fourth-order valence-electron chi connectivity index (χ4n) is 2.11. The van der Waals surface area contributed by atoms with Crippen LogP contribution in [-0.2, 0) is 4.79 Å². The third-order valence-electron chi connectivity index (χ3n) is 3.54. The van der Waals surface area contributed by atoms with Crippen molar-refractivity contribution in [2.75, 3.05) is 0 Å². The fourth-order valence-corrected chi connectivity index (χ4v) is 2.23. The predicted octanol–water partition coefficient (Wildman–Crippen LogP) is 4.43. The van der Waals surface area contributed by atoms with Gasteiger partial charge in [0.2, 0.25) is 0 Å². The monoisotopic (exact) mass is 335 g/mol. The summed E-state index contributed by atoms with van der Waals surface area (Å²) in [7, 11) is 0. The van der Waals surface area contributed by atoms with Crippen LogP contribution in [0.1, 0.15) is 31.0 Å². The topological polar surface area (TPSA) is 38.3 Å². The SMILES string of the molecule is Cc1cc(O[C@H](C)C(=O)N[C@H](C)c2ccc(F)cc2)ccc1Cl. The number of ether oxygens (including phenoxy) is 1. The van der Waals surface area contributed by atoms with E-state index >= 15 is 0 Å². The van der Waals surface area contributed by atoms with Crippen molar-refractivity contribution in [3.05, 3.63) is 64.4 Å². The number of hydrogen-bond donors (Lipinski definition) is 1. The van der Waals surface area contributed by atoms with E-state index in [2.05, 4.69) is 5.32 Å². The van der Waals surface area contributed by atoms with Gasteiger partial charge in [-0.25, -0.2) is 4.39 Å². The normalized spacial score (nSPS) is 13.3. The summed E-state index contributed by atoms with van der Waals surface area (Å²) in [5.41, 5.74) is 1.71. The average molecular weight is 336 g/mol. The summed E-state index contributed by atoms with van der Waals surface area (Å²) in [4.78, 5) is 12.2. The number of nitrogens with one attached hydrogen (secondary N) is 1. The first-order valence-electron chi connectivity index (χ1n) is 7.35. The molecule has 0 radical (unpaired) electrons. The standard InChI is InChI=1S/C18H19ClFNO2/c1-11-10-16(8-9-17(11)19)23-13(3)18(22)21-12(2)14-4-6-15(20)7-5-14/h4-10,12-13H,1-3H3,(H,21,22)/t12-,13-/m1/s1. The van der Waals surface area contributed by atoms with Crippen molar-refractivity contribution in [2.24, 2.45) is 0 Å². The molecule has 0 saturated heterocycles. The van der Waals surface area contributed by atoms with E-state index in [0.29, 0.717) is 10.8 Å². The molecule has 0 aliphatic rings. The number of aryl methyl sites for hydroxylation is 1. The predicted molar refractivity (Wildman–Crippen MR) is 89.2 cm³/mol. The number of carbonyl (C=O) groups excluding carboxylic acids is 1. The van der Waals surface area contributed by atoms with Crippen molar-refractivity contribution in [2.45, 2.75) is 32.9 Å². The molecular weight excluding hydrogens is 317 g/mol. The molecule has 0 aliphatic carbocycles. The highest BCUT2D eigenvalue weighted by Gasteiger charge is 2.18. The van der Waals surface area contributed by atoms with Crippen molar-refractivity contribution in [3.63, 3.8) is 0 Å². The smallest absolute Gasteiger partial charge is 0.261 e. The zero-order chi connectivity index (χ0) is 17.0. The molecule has 1 N–H and O–H groups in total. The Kier molecular flexibility index (Phi) is 5.61. The van der Waals surface area contributed by atoms with Crippen molar-refractivity contribution in [3.8, 4) is 5.75 Å². The van der Waals surface area contributed by atoms with Crippen LogP contribution in [0.4, 0.5) is 4.39 Å². The molecule has 2 aromatic rings. The van der Waals surface area contributed by atoms with Gasteiger partial charge in [0.1, 0.15) is 11.6 Å². The van der Waals surface area contributed by atoms with Gasteiger partial charge in [-0.1, -0.05) is 23.7 Å². The molecule has 0 aromatic heterocycles. The number of amides is 1. The van der Waals surface area contributed by atoms with Gasteiger partial charge in [0.05, 0.1) is 6.04 Å². The molecule has 5 heteroatoms. The van der Waals surface area contributed by atoms with E-state index in [9.17, 15) is 9.18 Å². The first-order valence-corrected chi connectivity index (χ1v) is 7.73. The zero-order valence-corrected chi connectivity index (χ0v) is 14.0. The largest absolute Gasteiger partial charge is 0.481 e. The van der Waals surface area contributed by atoms with Crippen LogP contribution in [0.3, 0.4) is 0 Å². The number of rotatable bonds is 5. The summed E-state index contributed by atoms with van der Waals surface area (Å²) in [6.45, 7) is 5.39. The number of benzene rings is 2. The molecule has 0 bridgehead atoms. The van der Waals surface area contributed by atoms with Gasteiger partial charge >= 0.3 is 0 Å². The van der Waals surface area contributed by atoms with E-state index in [1.54, 1.807) is 37.3 Å². The van der Waals surface area contributed by atoms with Gasteiger partial charge in [-0.15, -0.1) is 0 Å². The Morgan fingerprint density at radius 1 is 1.17 bits per heavy atom. The minimum atomic E-state index is -0.654. The van der Waals surface area contributed by atoms with Crippen molar-refractivity contribution < 1.29 is 13.9 Å². The molecule has 2 atom stereocenters. The highest BCUT2D eigenvalue weighted by atomic mass is 35.5. The second-order valence-electron chi connectivity index (χ2n) is 5.45. The minimum absolute atomic E-state index is 0.235. The van der Waals surface area contributed by atoms with Gasteiger partial charge in [-0.3, -0.25) is 4.79 Å². The van der Waals surface area contributed by atoms with E-state index in [-0.39, 0.29) is 17.8 Å². The second-order valence-corrected chi connectivity index (χ2v) is 5.86. The summed E-state index contributed by atoms with van der Waals surface area (Å²) >= 11 is 5.97. The van der Waals surface area contributed by atoms with E-state index in [0.717, 1.165) is 11.1 Å². The number of hydrogen-bond acceptors (Lipinski definition) is 2. The van der Waals surface area contributed by atoms with Crippen LogP contribution in [0.5, 0.6) is 5.75 Å². The lowest BCUT2D eigenvalue weighted by Crippen LogP contribution is -2.37. The number of halogens is 2. The lowest BCUT2D eigenvalue weighted by molar-refractivity contribution is -0.127. The van der Waals surface area contributed by atoms with Crippen LogP contribution < -0.4 is 10.1 Å². The van der Waals surface area contributed by atoms with Gasteiger partial charge in [-0.05, 0) is 62.2 Å². The Labute approximate surface area is 140 Å². The van der Waals surface area contributed by atoms with Crippen LogP contribution >= 0.6 is 11.6 Å². The maximum atomic E-state index is 12.9. The molecule has 0 aliphatic heterocycles. The van der Waals surface area contributed by atoms with Gasteiger partial charge in [0.25, 0.3) is 5.91 Å². The second kappa shape index (κ2) is 7.47. The molecule has 1 amide bonds. The maximum absolute atomic E-state index is 12.9. The molecule has 3 nitrogen and oxygen atoms in total. The van der Waals surface area contributed by atoms with Crippen molar-refractivity contribution in [1.29, 1.82) is 0 Å². The Morgan fingerprint density at radius 2 is 1.83 bits per heavy atom. The highest BCUT2D eigenvalue weighted by molar-refractivity contribution is 6.31. The van der Waals surface area contributed by atoms with Crippen LogP contribution in [0.25, 0.3) is 0 Å². The van der Waals surface area contributed by atoms with Crippen molar-refractivity contribution >= 4 is 17.5 Å². The van der Waals surface area contributed by atoms with Gasteiger partial charge in [-0.2, -0.15) is 0 Å². The number of carbonyl (C=O) groups is 1. The molecule has 122 valence electrons.